The summed E-state index contributed by atoms with van der Waals surface area (Å²) in [4.78, 5) is 21.4. The van der Waals surface area contributed by atoms with E-state index in [-0.39, 0.29) is 71.0 Å². The van der Waals surface area contributed by atoms with Crippen LogP contribution in [0.5, 0.6) is 0 Å². The zero-order chi connectivity index (χ0) is 37.9. The van der Waals surface area contributed by atoms with Crippen molar-refractivity contribution < 1.29 is 22.3 Å². The molecule has 2 aromatic carbocycles. The third-order valence-corrected chi connectivity index (χ3v) is 15.9. The van der Waals surface area contributed by atoms with E-state index >= 15 is 4.39 Å². The van der Waals surface area contributed by atoms with E-state index in [0.717, 1.165) is 42.4 Å². The number of halogens is 3. The van der Waals surface area contributed by atoms with Crippen LogP contribution in [0.1, 0.15) is 61.1 Å². The summed E-state index contributed by atoms with van der Waals surface area (Å²) in [6, 6.07) is 11.1. The van der Waals surface area contributed by atoms with Crippen LogP contribution < -0.4 is 5.32 Å². The summed E-state index contributed by atoms with van der Waals surface area (Å²) in [5.41, 5.74) is 4.06. The number of nitrogens with one attached hydrogen (secondary N) is 1. The van der Waals surface area contributed by atoms with Crippen molar-refractivity contribution in [2.75, 3.05) is 45.9 Å². The number of fused-ring (bicyclic) bond motifs is 6. The molecule has 15 heteroatoms. The molecule has 0 unspecified atom stereocenters. The van der Waals surface area contributed by atoms with Crippen LogP contribution in [0.4, 0.5) is 4.39 Å². The average molecular weight is 807 g/mol. The molecular weight excluding hydrogens is 764 g/mol. The second-order valence-electron chi connectivity index (χ2n) is 16.2. The summed E-state index contributed by atoms with van der Waals surface area (Å²) in [5.74, 6) is -0.257. The first-order valence-corrected chi connectivity index (χ1v) is 21.6. The van der Waals surface area contributed by atoms with Crippen LogP contribution in [-0.4, -0.2) is 95.4 Å². The summed E-state index contributed by atoms with van der Waals surface area (Å²) < 4.78 is 56.5. The standard InChI is InChI=1S/C40H42Cl2FN7O4S/c1-21-28-17-32(38-25-14-26(49(38)40(51)22-7-8-22)20-48(19-25)55(52,53)47-10-12-54-13-11-47)50(37-24-16-31(37)45-18-24)39(28)29-15-23(4-3-9-44)33(35(43)36(29)46-21)27-5-2-6-30(41)34(27)42/h2,5-6,15,17,22,24-26,31,37-38,45H,3-4,7-8,10-14,16,18-20H2,1H3/t24-,25+,26-,31-,37+,38-/m1/s1. The largest absolute Gasteiger partial charge is 0.379 e. The SMILES string of the molecule is Cc1nc2c(F)c(-c3cccc(Cl)c3Cl)c(CCC#N)cc2c2c1cc([C@H]1[C@H]3C[C@H](CN(S(=O)(=O)N4CCOCC4)C3)N1C(=O)C1CC1)n2[C@H]1[C@H]2CN[C@@H]1C2. The number of carbonyl (C=O) groups is 1. The van der Waals surface area contributed by atoms with E-state index in [9.17, 15) is 18.5 Å². The van der Waals surface area contributed by atoms with Crippen LogP contribution in [0, 0.1) is 41.8 Å². The van der Waals surface area contributed by atoms with Crippen molar-refractivity contribution in [1.29, 1.82) is 5.26 Å². The number of carbonyl (C=O) groups excluding carboxylic acids is 1. The van der Waals surface area contributed by atoms with E-state index in [2.05, 4.69) is 22.0 Å². The number of rotatable bonds is 8. The highest BCUT2D eigenvalue weighted by molar-refractivity contribution is 7.86. The molecule has 7 aliphatic rings. The van der Waals surface area contributed by atoms with Gasteiger partial charge in [0, 0.05) is 96.4 Å². The Kier molecular flexibility index (Phi) is 8.75. The molecule has 1 N–H and O–H groups in total. The molecule has 55 heavy (non-hydrogen) atoms. The molecule has 6 atom stereocenters. The summed E-state index contributed by atoms with van der Waals surface area (Å²) in [7, 11) is -3.77. The Labute approximate surface area is 329 Å². The predicted octanol–water partition coefficient (Wildman–Crippen LogP) is 6.16. The number of hydrogen-bond acceptors (Lipinski definition) is 7. The third-order valence-electron chi connectivity index (χ3n) is 13.1. The summed E-state index contributed by atoms with van der Waals surface area (Å²) in [6.07, 6.45) is 3.89. The van der Waals surface area contributed by atoms with Crippen molar-refractivity contribution in [2.24, 2.45) is 17.8 Å². The van der Waals surface area contributed by atoms with Gasteiger partial charge in [-0.25, -0.2) is 9.37 Å². The van der Waals surface area contributed by atoms with Crippen LogP contribution in [0.25, 0.3) is 32.9 Å². The van der Waals surface area contributed by atoms with Gasteiger partial charge in [-0.15, -0.1) is 0 Å². The van der Waals surface area contributed by atoms with E-state index < -0.39 is 16.0 Å². The number of ether oxygens (including phenoxy) is 1. The van der Waals surface area contributed by atoms with Gasteiger partial charge in [-0.05, 0) is 68.7 Å². The minimum atomic E-state index is -3.77. The molecule has 5 saturated heterocycles. The van der Waals surface area contributed by atoms with Gasteiger partial charge in [-0.1, -0.05) is 35.3 Å². The number of piperidine rings is 1. The van der Waals surface area contributed by atoms with Gasteiger partial charge in [-0.2, -0.15) is 22.3 Å². The highest BCUT2D eigenvalue weighted by atomic mass is 35.5. The first-order chi connectivity index (χ1) is 26.6. The first-order valence-electron chi connectivity index (χ1n) is 19.4. The lowest BCUT2D eigenvalue weighted by Crippen LogP contribution is -2.53. The molecule has 0 spiro atoms. The van der Waals surface area contributed by atoms with Crippen LogP contribution in [0.15, 0.2) is 30.3 Å². The number of pyridine rings is 1. The number of benzene rings is 2. The Balaban J connectivity index is 1.19. The molecule has 7 fully saturated rings. The molecule has 4 bridgehead atoms. The van der Waals surface area contributed by atoms with Crippen LogP contribution in [0.3, 0.4) is 0 Å². The van der Waals surface area contributed by atoms with Crippen molar-refractivity contribution in [2.45, 2.75) is 69.6 Å². The molecule has 7 heterocycles. The van der Waals surface area contributed by atoms with Gasteiger partial charge in [-0.3, -0.25) is 4.79 Å². The van der Waals surface area contributed by atoms with Gasteiger partial charge in [0.2, 0.25) is 5.91 Å². The normalized spacial score (nSPS) is 28.2. The first kappa shape index (κ1) is 36.0. The van der Waals surface area contributed by atoms with E-state index in [1.807, 2.05) is 17.9 Å². The zero-order valence-corrected chi connectivity index (χ0v) is 32.8. The van der Waals surface area contributed by atoms with E-state index in [0.29, 0.717) is 78.8 Å². The smallest absolute Gasteiger partial charge is 0.282 e. The van der Waals surface area contributed by atoms with Gasteiger partial charge >= 0.3 is 0 Å². The fourth-order valence-electron chi connectivity index (χ4n) is 10.4. The van der Waals surface area contributed by atoms with Crippen molar-refractivity contribution in [3.8, 4) is 17.2 Å². The molecule has 4 aromatic rings. The highest BCUT2D eigenvalue weighted by Gasteiger charge is 2.56. The maximum atomic E-state index is 17.3. The molecule has 0 radical (unpaired) electrons. The Hall–Kier alpha value is -3.35. The van der Waals surface area contributed by atoms with E-state index in [1.54, 1.807) is 22.5 Å². The Morgan fingerprint density at radius 3 is 2.60 bits per heavy atom. The van der Waals surface area contributed by atoms with Gasteiger partial charge < -0.3 is 19.5 Å². The minimum Gasteiger partial charge on any atom is -0.379 e. The number of aromatic nitrogens is 2. The number of aryl methyl sites for hydroxylation is 2. The fourth-order valence-corrected chi connectivity index (χ4v) is 12.5. The Morgan fingerprint density at radius 2 is 1.89 bits per heavy atom. The molecule has 1 amide bonds. The van der Waals surface area contributed by atoms with Crippen molar-refractivity contribution in [1.82, 2.24) is 28.4 Å². The minimum absolute atomic E-state index is 0.0525. The lowest BCUT2D eigenvalue weighted by Gasteiger charge is -2.40. The highest BCUT2D eigenvalue weighted by Crippen LogP contribution is 2.54. The summed E-state index contributed by atoms with van der Waals surface area (Å²) in [6.45, 7) is 4.67. The Bertz CT molecular complexity index is 2410. The third kappa shape index (κ3) is 5.57. The molecule has 11 nitrogen and oxygen atoms in total. The van der Waals surface area contributed by atoms with Gasteiger partial charge in [0.05, 0.1) is 46.9 Å². The lowest BCUT2D eigenvalue weighted by molar-refractivity contribution is -0.135. The number of morpholine rings is 1. The Morgan fingerprint density at radius 1 is 1.09 bits per heavy atom. The number of hydrogen-bond donors (Lipinski definition) is 1. The average Bonchev–Trinajstić information content (AvgIpc) is 3.46. The number of likely N-dealkylation sites (tertiary alicyclic amines) is 1. The lowest BCUT2D eigenvalue weighted by atomic mass is 9.79. The molecule has 11 rings (SSSR count). The predicted molar refractivity (Wildman–Crippen MR) is 207 cm³/mol. The topological polar surface area (TPSA) is 124 Å². The number of nitriles is 1. The van der Waals surface area contributed by atoms with E-state index in [4.69, 9.17) is 32.9 Å². The summed E-state index contributed by atoms with van der Waals surface area (Å²) >= 11 is 13.1. The van der Waals surface area contributed by atoms with Crippen LogP contribution in [-0.2, 0) is 26.2 Å². The molecule has 5 aliphatic heterocycles. The second kappa shape index (κ2) is 13.4. The van der Waals surface area contributed by atoms with Gasteiger partial charge in [0.1, 0.15) is 5.52 Å². The molecule has 2 aromatic heterocycles. The number of amides is 1. The van der Waals surface area contributed by atoms with Crippen molar-refractivity contribution in [3.05, 3.63) is 63.1 Å². The molecule has 2 saturated carbocycles. The monoisotopic (exact) mass is 805 g/mol. The summed E-state index contributed by atoms with van der Waals surface area (Å²) in [5, 5.41) is 15.4. The fraction of sp³-hybridized carbons (Fsp3) is 0.525. The quantitative estimate of drug-likeness (QED) is 0.226. The maximum Gasteiger partial charge on any atom is 0.282 e. The van der Waals surface area contributed by atoms with E-state index in [1.165, 1.54) is 4.31 Å². The van der Waals surface area contributed by atoms with Crippen LogP contribution >= 0.6 is 23.2 Å². The maximum absolute atomic E-state index is 17.3. The zero-order valence-electron chi connectivity index (χ0n) is 30.5. The van der Waals surface area contributed by atoms with Crippen molar-refractivity contribution >= 4 is 61.1 Å². The van der Waals surface area contributed by atoms with Gasteiger partial charge in [0.15, 0.2) is 5.82 Å². The molecule has 288 valence electrons. The second-order valence-corrected chi connectivity index (χ2v) is 18.9. The van der Waals surface area contributed by atoms with Crippen LogP contribution in [0.2, 0.25) is 10.0 Å². The molecule has 2 aliphatic carbocycles. The van der Waals surface area contributed by atoms with Crippen molar-refractivity contribution in [3.63, 3.8) is 0 Å². The van der Waals surface area contributed by atoms with Gasteiger partial charge in [0.25, 0.3) is 10.2 Å². The molecular formula is C40H42Cl2FN7O4S. The number of nitrogens with zero attached hydrogens (tertiary/aromatic N) is 6.